The van der Waals surface area contributed by atoms with Gasteiger partial charge in [-0.2, -0.15) is 5.10 Å². The first-order valence-corrected chi connectivity index (χ1v) is 8.70. The van der Waals surface area contributed by atoms with Crippen LogP contribution in [0.1, 0.15) is 17.0 Å². The van der Waals surface area contributed by atoms with E-state index in [0.29, 0.717) is 17.1 Å². The summed E-state index contributed by atoms with van der Waals surface area (Å²) in [6, 6.07) is 7.23. The topological polar surface area (TPSA) is 102 Å². The van der Waals surface area contributed by atoms with E-state index >= 15 is 0 Å². The van der Waals surface area contributed by atoms with Crippen LogP contribution in [0.4, 0.5) is 0 Å². The van der Waals surface area contributed by atoms with Gasteiger partial charge in [-0.1, -0.05) is 18.2 Å². The van der Waals surface area contributed by atoms with Crippen molar-refractivity contribution in [1.29, 1.82) is 0 Å². The maximum atomic E-state index is 12.3. The average molecular weight is 352 g/mol. The highest BCUT2D eigenvalue weighted by molar-refractivity contribution is 7.89. The monoisotopic (exact) mass is 352 g/mol. The largest absolute Gasteiger partial charge is 0.483 e. The first-order chi connectivity index (χ1) is 11.2. The molecule has 2 N–H and O–H groups in total. The van der Waals surface area contributed by atoms with Crippen LogP contribution >= 0.6 is 0 Å². The molecule has 1 amide bonds. The van der Waals surface area contributed by atoms with E-state index in [1.165, 1.54) is 4.68 Å². The number of sulfonamides is 1. The number of hydrogen-bond donors (Lipinski definition) is 2. The number of nitrogens with one attached hydrogen (secondary N) is 2. The Kier molecular flexibility index (Phi) is 5.25. The molecule has 0 fully saturated rings. The molecule has 0 bridgehead atoms. The van der Waals surface area contributed by atoms with Gasteiger partial charge in [0.2, 0.25) is 0 Å². The summed E-state index contributed by atoms with van der Waals surface area (Å²) >= 11 is 0. The summed E-state index contributed by atoms with van der Waals surface area (Å²) in [5, 5.41) is 4.05. The van der Waals surface area contributed by atoms with E-state index in [1.54, 1.807) is 33.0 Å². The van der Waals surface area contributed by atoms with Crippen LogP contribution in [0.3, 0.4) is 0 Å². The van der Waals surface area contributed by atoms with E-state index in [4.69, 9.17) is 4.74 Å². The molecule has 1 aromatic carbocycles. The van der Waals surface area contributed by atoms with Crippen LogP contribution in [0.5, 0.6) is 5.75 Å². The summed E-state index contributed by atoms with van der Waals surface area (Å²) in [4.78, 5) is 13.9. The molecular formula is C15H20N4O4S. The Morgan fingerprint density at radius 2 is 1.92 bits per heavy atom. The second kappa shape index (κ2) is 7.02. The number of amides is 1. The Labute approximate surface area is 140 Å². The first-order valence-electron chi connectivity index (χ1n) is 7.21. The van der Waals surface area contributed by atoms with Crippen molar-refractivity contribution in [3.05, 3.63) is 41.2 Å². The second-order valence-electron chi connectivity index (χ2n) is 5.33. The Morgan fingerprint density at radius 1 is 1.25 bits per heavy atom. The SMILES string of the molecule is Cc1ccccc1OCC(=O)NNS(=O)(=O)c1c(C)nn(C)c1C. The van der Waals surface area contributed by atoms with E-state index in [-0.39, 0.29) is 11.5 Å². The number of nitrogens with zero attached hydrogens (tertiary/aromatic N) is 2. The minimum absolute atomic E-state index is 0.0464. The minimum atomic E-state index is -3.91. The number of carbonyl (C=O) groups excluding carboxylic acids is 1. The standard InChI is InChI=1S/C15H20N4O4S/c1-10-7-5-6-8-13(10)23-9-14(20)16-18-24(21,22)15-11(2)17-19(4)12(15)3/h5-8,18H,9H2,1-4H3,(H,16,20). The zero-order valence-corrected chi connectivity index (χ0v) is 14.8. The third-order valence-electron chi connectivity index (χ3n) is 3.49. The summed E-state index contributed by atoms with van der Waals surface area (Å²) in [6.07, 6.45) is 0. The van der Waals surface area contributed by atoms with Crippen molar-refractivity contribution in [3.8, 4) is 5.75 Å². The molecule has 0 aliphatic heterocycles. The van der Waals surface area contributed by atoms with Gasteiger partial charge in [0.1, 0.15) is 10.6 Å². The normalized spacial score (nSPS) is 11.3. The third kappa shape index (κ3) is 3.92. The number of hydrogen-bond acceptors (Lipinski definition) is 5. The summed E-state index contributed by atoms with van der Waals surface area (Å²) in [7, 11) is -2.26. The van der Waals surface area contributed by atoms with Crippen LogP contribution in [-0.2, 0) is 21.9 Å². The van der Waals surface area contributed by atoms with Gasteiger partial charge in [0.25, 0.3) is 15.9 Å². The summed E-state index contributed by atoms with van der Waals surface area (Å²) < 4.78 is 31.4. The highest BCUT2D eigenvalue weighted by Gasteiger charge is 2.24. The fourth-order valence-electron chi connectivity index (χ4n) is 2.22. The molecule has 24 heavy (non-hydrogen) atoms. The summed E-state index contributed by atoms with van der Waals surface area (Å²) in [5.74, 6) is -0.0459. The molecule has 9 heteroatoms. The average Bonchev–Trinajstić information content (AvgIpc) is 2.78. The van der Waals surface area contributed by atoms with Crippen LogP contribution in [0, 0.1) is 20.8 Å². The van der Waals surface area contributed by atoms with Crippen molar-refractivity contribution < 1.29 is 17.9 Å². The maximum absolute atomic E-state index is 12.3. The van der Waals surface area contributed by atoms with Crippen molar-refractivity contribution >= 4 is 15.9 Å². The lowest BCUT2D eigenvalue weighted by Gasteiger charge is -2.11. The van der Waals surface area contributed by atoms with Crippen LogP contribution in [0.15, 0.2) is 29.2 Å². The van der Waals surface area contributed by atoms with Gasteiger partial charge in [-0.15, -0.1) is 4.83 Å². The van der Waals surface area contributed by atoms with Crippen molar-refractivity contribution in [1.82, 2.24) is 20.0 Å². The van der Waals surface area contributed by atoms with E-state index in [0.717, 1.165) is 5.56 Å². The van der Waals surface area contributed by atoms with E-state index in [9.17, 15) is 13.2 Å². The molecule has 8 nitrogen and oxygen atoms in total. The van der Waals surface area contributed by atoms with E-state index in [1.807, 2.05) is 19.1 Å². The van der Waals surface area contributed by atoms with Gasteiger partial charge in [0.05, 0.1) is 11.4 Å². The first kappa shape index (κ1) is 18.0. The number of aryl methyl sites for hydroxylation is 3. The smallest absolute Gasteiger partial charge is 0.272 e. The molecule has 0 radical (unpaired) electrons. The molecule has 0 unspecified atom stereocenters. The molecule has 0 atom stereocenters. The molecule has 1 heterocycles. The Balaban J connectivity index is 1.97. The van der Waals surface area contributed by atoms with Crippen LogP contribution in [-0.4, -0.2) is 30.7 Å². The van der Waals surface area contributed by atoms with Gasteiger partial charge in [-0.05, 0) is 32.4 Å². The maximum Gasteiger partial charge on any atom is 0.272 e. The molecule has 0 aliphatic rings. The number of carbonyl (C=O) groups is 1. The number of ether oxygens (including phenoxy) is 1. The lowest BCUT2D eigenvalue weighted by atomic mass is 10.2. The van der Waals surface area contributed by atoms with E-state index in [2.05, 4.69) is 15.4 Å². The molecule has 130 valence electrons. The van der Waals surface area contributed by atoms with Gasteiger partial charge in [-0.25, -0.2) is 8.42 Å². The van der Waals surface area contributed by atoms with Gasteiger partial charge >= 0.3 is 0 Å². The molecular weight excluding hydrogens is 332 g/mol. The zero-order valence-electron chi connectivity index (χ0n) is 14.0. The molecule has 1 aromatic heterocycles. The number of benzene rings is 1. The Hall–Kier alpha value is -2.39. The summed E-state index contributed by atoms with van der Waals surface area (Å²) in [6.45, 7) is 4.77. The second-order valence-corrected chi connectivity index (χ2v) is 6.95. The van der Waals surface area contributed by atoms with Crippen LogP contribution in [0.25, 0.3) is 0 Å². The Morgan fingerprint density at radius 3 is 2.50 bits per heavy atom. The minimum Gasteiger partial charge on any atom is -0.483 e. The van der Waals surface area contributed by atoms with Crippen molar-refractivity contribution in [3.63, 3.8) is 0 Å². The molecule has 2 aromatic rings. The molecule has 2 rings (SSSR count). The van der Waals surface area contributed by atoms with Gasteiger partial charge in [0.15, 0.2) is 6.61 Å². The summed E-state index contributed by atoms with van der Waals surface area (Å²) in [5.41, 5.74) is 3.85. The lowest BCUT2D eigenvalue weighted by molar-refractivity contribution is -0.123. The van der Waals surface area contributed by atoms with Crippen molar-refractivity contribution in [2.75, 3.05) is 6.61 Å². The fourth-order valence-corrected chi connectivity index (χ4v) is 3.52. The molecule has 0 spiro atoms. The third-order valence-corrected chi connectivity index (χ3v) is 4.99. The van der Waals surface area contributed by atoms with Crippen LogP contribution in [0.2, 0.25) is 0 Å². The number of rotatable bonds is 6. The van der Waals surface area contributed by atoms with Gasteiger partial charge in [0, 0.05) is 7.05 Å². The lowest BCUT2D eigenvalue weighted by Crippen LogP contribution is -2.44. The van der Waals surface area contributed by atoms with Gasteiger partial charge < -0.3 is 4.74 Å². The van der Waals surface area contributed by atoms with Crippen LogP contribution < -0.4 is 15.0 Å². The van der Waals surface area contributed by atoms with Crippen molar-refractivity contribution in [2.24, 2.45) is 7.05 Å². The number of aromatic nitrogens is 2. The molecule has 0 saturated carbocycles. The van der Waals surface area contributed by atoms with Gasteiger partial charge in [-0.3, -0.25) is 14.9 Å². The number of para-hydroxylation sites is 1. The molecule has 0 saturated heterocycles. The highest BCUT2D eigenvalue weighted by atomic mass is 32.2. The van der Waals surface area contributed by atoms with E-state index < -0.39 is 15.9 Å². The predicted molar refractivity (Wildman–Crippen MR) is 87.8 cm³/mol. The Bertz CT molecular complexity index is 858. The zero-order chi connectivity index (χ0) is 17.9. The fraction of sp³-hybridized carbons (Fsp3) is 0.333. The number of hydrazine groups is 1. The predicted octanol–water partition coefficient (Wildman–Crippen LogP) is 0.734. The highest BCUT2D eigenvalue weighted by Crippen LogP contribution is 2.18. The van der Waals surface area contributed by atoms with Crippen molar-refractivity contribution in [2.45, 2.75) is 25.7 Å². The molecule has 0 aliphatic carbocycles. The quantitative estimate of drug-likeness (QED) is 0.746.